The lowest BCUT2D eigenvalue weighted by Gasteiger charge is -2.53. The van der Waals surface area contributed by atoms with Crippen LogP contribution in [0.25, 0.3) is 0 Å². The van der Waals surface area contributed by atoms with Crippen molar-refractivity contribution in [3.05, 3.63) is 34.3 Å². The Labute approximate surface area is 175 Å². The molecule has 5 heteroatoms. The Morgan fingerprint density at radius 1 is 1.32 bits per heavy atom. The lowest BCUT2D eigenvalue weighted by Crippen LogP contribution is -2.60. The fourth-order valence-electron chi connectivity index (χ4n) is 4.56. The van der Waals surface area contributed by atoms with Crippen LogP contribution in [0.2, 0.25) is 5.02 Å². The first kappa shape index (κ1) is 23.0. The molecule has 0 heterocycles. The van der Waals surface area contributed by atoms with E-state index < -0.39 is 11.6 Å². The van der Waals surface area contributed by atoms with Crippen LogP contribution in [-0.4, -0.2) is 17.7 Å². The third-order valence-electron chi connectivity index (χ3n) is 6.89. The first-order valence-corrected chi connectivity index (χ1v) is 10.7. The number of halogens is 1. The summed E-state index contributed by atoms with van der Waals surface area (Å²) in [5, 5.41) is 14.0. The molecule has 1 aliphatic rings. The molecule has 0 aromatic heterocycles. The Morgan fingerprint density at radius 2 is 1.96 bits per heavy atom. The van der Waals surface area contributed by atoms with Crippen LogP contribution in [-0.2, 0) is 12.0 Å². The van der Waals surface area contributed by atoms with Crippen LogP contribution >= 0.6 is 11.6 Å². The molecule has 3 atom stereocenters. The molecule has 1 aromatic carbocycles. The average molecular weight is 409 g/mol. The minimum Gasteiger partial charge on any atom is -0.396 e. The van der Waals surface area contributed by atoms with E-state index >= 15 is 0 Å². The molecule has 28 heavy (non-hydrogen) atoms. The maximum absolute atomic E-state index is 11.9. The van der Waals surface area contributed by atoms with E-state index in [0.717, 1.165) is 36.8 Å². The molecule has 4 N–H and O–H groups in total. The second kappa shape index (κ2) is 8.23. The van der Waals surface area contributed by atoms with Gasteiger partial charge in [0.05, 0.1) is 5.54 Å². The van der Waals surface area contributed by atoms with E-state index in [4.69, 9.17) is 17.3 Å². The van der Waals surface area contributed by atoms with Gasteiger partial charge in [-0.3, -0.25) is 0 Å². The molecule has 1 aliphatic carbocycles. The minimum atomic E-state index is -0.707. The lowest BCUT2D eigenvalue weighted by molar-refractivity contribution is -0.0247. The van der Waals surface area contributed by atoms with Gasteiger partial charge in [-0.05, 0) is 59.6 Å². The van der Waals surface area contributed by atoms with Crippen LogP contribution in [0.4, 0.5) is 4.79 Å². The van der Waals surface area contributed by atoms with E-state index in [1.165, 1.54) is 0 Å². The van der Waals surface area contributed by atoms with Crippen molar-refractivity contribution in [1.82, 2.24) is 5.32 Å². The first-order chi connectivity index (χ1) is 12.8. The number of carbonyl (C=O) groups excluding carboxylic acids is 1. The largest absolute Gasteiger partial charge is 0.396 e. The van der Waals surface area contributed by atoms with E-state index in [1.54, 1.807) is 0 Å². The van der Waals surface area contributed by atoms with Crippen molar-refractivity contribution in [2.75, 3.05) is 6.61 Å². The van der Waals surface area contributed by atoms with Crippen LogP contribution in [0, 0.1) is 22.7 Å². The van der Waals surface area contributed by atoms with Gasteiger partial charge in [0.2, 0.25) is 0 Å². The van der Waals surface area contributed by atoms with E-state index in [9.17, 15) is 9.90 Å². The van der Waals surface area contributed by atoms with Gasteiger partial charge in [0.15, 0.2) is 0 Å². The fraction of sp³-hybridized carbons (Fsp3) is 0.696. The maximum Gasteiger partial charge on any atom is 0.312 e. The van der Waals surface area contributed by atoms with Crippen molar-refractivity contribution in [2.24, 2.45) is 28.4 Å². The molecule has 0 bridgehead atoms. The zero-order chi connectivity index (χ0) is 21.3. The van der Waals surface area contributed by atoms with Crippen molar-refractivity contribution in [2.45, 2.75) is 72.8 Å². The fourth-order valence-corrected chi connectivity index (χ4v) is 4.84. The molecular formula is C23H37ClN2O2. The number of primary amides is 1. The van der Waals surface area contributed by atoms with E-state index in [0.29, 0.717) is 5.02 Å². The van der Waals surface area contributed by atoms with Crippen molar-refractivity contribution in [3.8, 4) is 0 Å². The first-order valence-electron chi connectivity index (χ1n) is 10.3. The number of rotatable bonds is 5. The molecule has 0 radical (unpaired) electrons. The molecular weight excluding hydrogens is 372 g/mol. The predicted octanol–water partition coefficient (Wildman–Crippen LogP) is 5.25. The lowest BCUT2D eigenvalue weighted by atomic mass is 9.55. The third kappa shape index (κ3) is 4.83. The van der Waals surface area contributed by atoms with E-state index in [-0.39, 0.29) is 29.3 Å². The molecule has 2 rings (SSSR count). The Bertz CT molecular complexity index is 711. The zero-order valence-electron chi connectivity index (χ0n) is 18.2. The summed E-state index contributed by atoms with van der Waals surface area (Å²) in [5.74, 6) is 0.0673. The van der Waals surface area contributed by atoms with Crippen molar-refractivity contribution >= 4 is 17.6 Å². The molecule has 1 saturated carbocycles. The summed E-state index contributed by atoms with van der Waals surface area (Å²) in [4.78, 5) is 11.9. The van der Waals surface area contributed by atoms with Gasteiger partial charge < -0.3 is 16.2 Å². The number of amides is 2. The van der Waals surface area contributed by atoms with E-state index in [1.807, 2.05) is 12.1 Å². The highest BCUT2D eigenvalue weighted by Crippen LogP contribution is 2.52. The summed E-state index contributed by atoms with van der Waals surface area (Å²) < 4.78 is 0. The van der Waals surface area contributed by atoms with Crippen molar-refractivity contribution in [1.29, 1.82) is 0 Å². The van der Waals surface area contributed by atoms with Gasteiger partial charge in [-0.1, -0.05) is 65.3 Å². The Hall–Kier alpha value is -1.26. The summed E-state index contributed by atoms with van der Waals surface area (Å²) >= 11 is 6.65. The highest BCUT2D eigenvalue weighted by atomic mass is 35.5. The monoisotopic (exact) mass is 408 g/mol. The topological polar surface area (TPSA) is 75.3 Å². The maximum atomic E-state index is 11.9. The average Bonchev–Trinajstić information content (AvgIpc) is 2.56. The summed E-state index contributed by atoms with van der Waals surface area (Å²) in [6.45, 7) is 13.2. The number of hydrogen-bond acceptors (Lipinski definition) is 2. The number of nitrogens with one attached hydrogen (secondary N) is 1. The number of aryl methyl sites for hydroxylation is 1. The Kier molecular flexibility index (Phi) is 6.77. The standard InChI is InChI=1S/C23H37ClN2O2/c1-15-18(14-27)23(26-20(25)28,12-11-22(15,5)6)17-8-7-16(19(24)13-17)9-10-21(2,3)4/h7-8,13,15,18,27H,9-12,14H2,1-6H3,(H3,25,26,28). The molecule has 3 unspecified atom stereocenters. The second-order valence-corrected chi connectivity index (χ2v) is 10.8. The molecule has 4 nitrogen and oxygen atoms in total. The van der Waals surface area contributed by atoms with Gasteiger partial charge >= 0.3 is 6.03 Å². The summed E-state index contributed by atoms with van der Waals surface area (Å²) in [5.41, 5.74) is 7.22. The smallest absolute Gasteiger partial charge is 0.312 e. The number of aliphatic hydroxyl groups is 1. The second-order valence-electron chi connectivity index (χ2n) is 10.4. The zero-order valence-corrected chi connectivity index (χ0v) is 19.0. The summed E-state index contributed by atoms with van der Waals surface area (Å²) in [6.07, 6.45) is 3.59. The number of aliphatic hydroxyl groups excluding tert-OH is 1. The van der Waals surface area contributed by atoms with Crippen molar-refractivity contribution in [3.63, 3.8) is 0 Å². The van der Waals surface area contributed by atoms with Gasteiger partial charge in [0.25, 0.3) is 0 Å². The molecule has 1 aromatic rings. The normalized spacial score (nSPS) is 27.4. The van der Waals surface area contributed by atoms with Gasteiger partial charge in [0.1, 0.15) is 0 Å². The molecule has 0 saturated heterocycles. The SMILES string of the molecule is CC1C(CO)C(NC(N)=O)(c2ccc(CCC(C)(C)C)c(Cl)c2)CCC1(C)C. The number of benzene rings is 1. The Balaban J connectivity index is 2.46. The van der Waals surface area contributed by atoms with Gasteiger partial charge in [-0.2, -0.15) is 0 Å². The number of hydrogen-bond donors (Lipinski definition) is 3. The number of urea groups is 1. The highest BCUT2D eigenvalue weighted by Gasteiger charge is 2.51. The van der Waals surface area contributed by atoms with Gasteiger partial charge in [0, 0.05) is 17.5 Å². The number of carbonyl (C=O) groups is 1. The molecule has 2 amide bonds. The van der Waals surface area contributed by atoms with Crippen LogP contribution < -0.4 is 11.1 Å². The molecule has 0 spiro atoms. The number of nitrogens with two attached hydrogens (primary N) is 1. The van der Waals surface area contributed by atoms with E-state index in [2.05, 4.69) is 52.9 Å². The van der Waals surface area contributed by atoms with Crippen LogP contribution in [0.5, 0.6) is 0 Å². The summed E-state index contributed by atoms with van der Waals surface area (Å²) in [7, 11) is 0. The predicted molar refractivity (Wildman–Crippen MR) is 116 cm³/mol. The van der Waals surface area contributed by atoms with Gasteiger partial charge in [-0.25, -0.2) is 4.79 Å². The van der Waals surface area contributed by atoms with Crippen LogP contribution in [0.15, 0.2) is 18.2 Å². The quantitative estimate of drug-likeness (QED) is 0.622. The molecule has 1 fully saturated rings. The molecule has 158 valence electrons. The van der Waals surface area contributed by atoms with Crippen LogP contribution in [0.3, 0.4) is 0 Å². The molecule has 0 aliphatic heterocycles. The van der Waals surface area contributed by atoms with Crippen molar-refractivity contribution < 1.29 is 9.90 Å². The summed E-state index contributed by atoms with van der Waals surface area (Å²) in [6, 6.07) is 5.50. The third-order valence-corrected chi connectivity index (χ3v) is 7.24. The van der Waals surface area contributed by atoms with Gasteiger partial charge in [-0.15, -0.1) is 0 Å². The minimum absolute atomic E-state index is 0.0196. The highest BCUT2D eigenvalue weighted by molar-refractivity contribution is 6.31. The Morgan fingerprint density at radius 3 is 2.46 bits per heavy atom. The van der Waals surface area contributed by atoms with Crippen LogP contribution in [0.1, 0.15) is 71.9 Å².